The van der Waals surface area contributed by atoms with E-state index in [4.69, 9.17) is 4.74 Å². The van der Waals surface area contributed by atoms with E-state index in [9.17, 15) is 23.2 Å². The maximum Gasteiger partial charge on any atom is 0.387 e. The molecule has 0 spiro atoms. The van der Waals surface area contributed by atoms with Crippen molar-refractivity contribution in [3.05, 3.63) is 24.3 Å². The van der Waals surface area contributed by atoms with E-state index in [0.717, 1.165) is 0 Å². The monoisotopic (exact) mass is 400 g/mol. The second-order valence-electron chi connectivity index (χ2n) is 6.32. The van der Waals surface area contributed by atoms with E-state index in [1.165, 1.54) is 36.0 Å². The molecule has 146 valence electrons. The van der Waals surface area contributed by atoms with Gasteiger partial charge in [-0.3, -0.25) is 9.59 Å². The minimum Gasteiger partial charge on any atom is -0.454 e. The predicted octanol–water partition coefficient (Wildman–Crippen LogP) is 2.22. The van der Waals surface area contributed by atoms with E-state index < -0.39 is 31.1 Å². The fourth-order valence-corrected chi connectivity index (χ4v) is 4.56. The quantitative estimate of drug-likeness (QED) is 0.737. The zero-order chi connectivity index (χ0) is 19.6. The third-order valence-corrected chi connectivity index (χ3v) is 5.93. The van der Waals surface area contributed by atoms with Gasteiger partial charge in [-0.2, -0.15) is 8.78 Å². The van der Waals surface area contributed by atoms with Gasteiger partial charge in [0, 0.05) is 17.9 Å². The minimum absolute atomic E-state index is 0.0357. The molecule has 0 radical (unpaired) electrons. The standard InChI is InChI=1S/C17H18F2N2O5S/c1-17-7-6-14(23)21(17)12(9-27-17)15(24)25-8-13(22)20-10-2-4-11(5-3-10)26-16(18)19/h2-5,12,16H,6-9H2,1H3,(H,20,22)/t12-,17-/m1/s1. The fraction of sp³-hybridized carbons (Fsp3) is 0.471. The van der Waals surface area contributed by atoms with Crippen molar-refractivity contribution in [2.75, 3.05) is 17.7 Å². The number of nitrogens with one attached hydrogen (secondary N) is 1. The number of carbonyl (C=O) groups excluding carboxylic acids is 3. The number of nitrogens with zero attached hydrogens (tertiary/aromatic N) is 1. The van der Waals surface area contributed by atoms with Crippen LogP contribution in [0.1, 0.15) is 19.8 Å². The van der Waals surface area contributed by atoms with Crippen LogP contribution in [0.3, 0.4) is 0 Å². The Morgan fingerprint density at radius 3 is 2.74 bits per heavy atom. The van der Waals surface area contributed by atoms with E-state index in [0.29, 0.717) is 24.3 Å². The molecule has 1 aromatic rings. The molecule has 27 heavy (non-hydrogen) atoms. The number of hydrogen-bond donors (Lipinski definition) is 1. The number of alkyl halides is 2. The van der Waals surface area contributed by atoms with Gasteiger partial charge in [0.15, 0.2) is 6.61 Å². The van der Waals surface area contributed by atoms with E-state index in [2.05, 4.69) is 10.1 Å². The second kappa shape index (κ2) is 7.71. The lowest BCUT2D eigenvalue weighted by molar-refractivity contribution is -0.155. The molecular weight excluding hydrogens is 382 g/mol. The van der Waals surface area contributed by atoms with Crippen molar-refractivity contribution in [2.24, 2.45) is 0 Å². The fourth-order valence-electron chi connectivity index (χ4n) is 3.14. The number of amides is 2. The lowest BCUT2D eigenvalue weighted by atomic mass is 10.2. The number of carbonyl (C=O) groups is 3. The average Bonchev–Trinajstić information content (AvgIpc) is 3.10. The number of halogens is 2. The van der Waals surface area contributed by atoms with Gasteiger partial charge in [-0.25, -0.2) is 4.79 Å². The molecule has 7 nitrogen and oxygen atoms in total. The lowest BCUT2D eigenvalue weighted by Crippen LogP contribution is -2.47. The van der Waals surface area contributed by atoms with Gasteiger partial charge in [0.1, 0.15) is 11.8 Å². The molecule has 1 N–H and O–H groups in total. The van der Waals surface area contributed by atoms with Crippen LogP contribution in [0.4, 0.5) is 14.5 Å². The van der Waals surface area contributed by atoms with E-state index in [1.54, 1.807) is 4.90 Å². The van der Waals surface area contributed by atoms with Crippen LogP contribution in [-0.4, -0.2) is 52.6 Å². The topological polar surface area (TPSA) is 84.9 Å². The van der Waals surface area contributed by atoms with Crippen molar-refractivity contribution in [1.82, 2.24) is 4.90 Å². The Hall–Kier alpha value is -2.36. The number of fused-ring (bicyclic) bond motifs is 1. The number of anilines is 1. The van der Waals surface area contributed by atoms with Gasteiger partial charge >= 0.3 is 12.6 Å². The van der Waals surface area contributed by atoms with Gasteiger partial charge in [-0.05, 0) is 37.6 Å². The van der Waals surface area contributed by atoms with Crippen molar-refractivity contribution < 1.29 is 32.6 Å². The third-order valence-electron chi connectivity index (χ3n) is 4.43. The zero-order valence-electron chi connectivity index (χ0n) is 14.4. The first-order valence-corrected chi connectivity index (χ1v) is 9.24. The highest BCUT2D eigenvalue weighted by atomic mass is 32.2. The largest absolute Gasteiger partial charge is 0.454 e. The summed E-state index contributed by atoms with van der Waals surface area (Å²) in [5.74, 6) is -0.871. The zero-order valence-corrected chi connectivity index (χ0v) is 15.3. The average molecular weight is 400 g/mol. The Morgan fingerprint density at radius 2 is 2.07 bits per heavy atom. The molecule has 2 aliphatic rings. The normalized spacial score (nSPS) is 24.1. The van der Waals surface area contributed by atoms with Crippen molar-refractivity contribution in [3.63, 3.8) is 0 Å². The van der Waals surface area contributed by atoms with E-state index in [1.807, 2.05) is 6.92 Å². The van der Waals surface area contributed by atoms with Crippen LogP contribution in [0.15, 0.2) is 24.3 Å². The summed E-state index contributed by atoms with van der Waals surface area (Å²) in [5, 5.41) is 2.49. The first-order valence-electron chi connectivity index (χ1n) is 8.26. The molecule has 0 saturated carbocycles. The minimum atomic E-state index is -2.93. The molecule has 0 aromatic heterocycles. The molecule has 0 aliphatic carbocycles. The van der Waals surface area contributed by atoms with Crippen molar-refractivity contribution >= 4 is 35.2 Å². The summed E-state index contributed by atoms with van der Waals surface area (Å²) in [6, 6.07) is 4.65. The Labute approximate surface area is 158 Å². The number of benzene rings is 1. The highest BCUT2D eigenvalue weighted by Crippen LogP contribution is 2.47. The Balaban J connectivity index is 1.49. The molecule has 2 saturated heterocycles. The maximum atomic E-state index is 12.3. The van der Waals surface area contributed by atoms with Crippen LogP contribution in [0.5, 0.6) is 5.75 Å². The highest BCUT2D eigenvalue weighted by molar-refractivity contribution is 8.01. The Morgan fingerprint density at radius 1 is 1.37 bits per heavy atom. The number of rotatable bonds is 6. The maximum absolute atomic E-state index is 12.3. The van der Waals surface area contributed by atoms with Crippen LogP contribution in [0.25, 0.3) is 0 Å². The second-order valence-corrected chi connectivity index (χ2v) is 7.83. The van der Waals surface area contributed by atoms with E-state index in [-0.39, 0.29) is 16.5 Å². The van der Waals surface area contributed by atoms with Crippen LogP contribution in [-0.2, 0) is 19.1 Å². The van der Waals surface area contributed by atoms with Crippen molar-refractivity contribution in [3.8, 4) is 5.75 Å². The molecule has 3 rings (SSSR count). The smallest absolute Gasteiger partial charge is 0.387 e. The van der Waals surface area contributed by atoms with Gasteiger partial charge in [0.05, 0.1) is 4.87 Å². The highest BCUT2D eigenvalue weighted by Gasteiger charge is 2.53. The Kier molecular flexibility index (Phi) is 5.54. The van der Waals surface area contributed by atoms with E-state index >= 15 is 0 Å². The number of ether oxygens (including phenoxy) is 2. The molecule has 2 amide bonds. The summed E-state index contributed by atoms with van der Waals surface area (Å²) >= 11 is 1.54. The molecule has 10 heteroatoms. The van der Waals surface area contributed by atoms with Crippen LogP contribution >= 0.6 is 11.8 Å². The molecule has 2 atom stereocenters. The Bertz CT molecular complexity index is 745. The van der Waals surface area contributed by atoms with Gasteiger partial charge in [0.25, 0.3) is 5.91 Å². The van der Waals surface area contributed by atoms with Crippen molar-refractivity contribution in [2.45, 2.75) is 37.3 Å². The molecule has 0 bridgehead atoms. The summed E-state index contributed by atoms with van der Waals surface area (Å²) in [5.41, 5.74) is 0.344. The number of esters is 1. The lowest BCUT2D eigenvalue weighted by Gasteiger charge is -2.29. The summed E-state index contributed by atoms with van der Waals surface area (Å²) in [4.78, 5) is 37.4. The first kappa shape index (κ1) is 19.4. The van der Waals surface area contributed by atoms with Gasteiger partial charge in [0.2, 0.25) is 5.91 Å². The molecule has 2 heterocycles. The molecule has 0 unspecified atom stereocenters. The van der Waals surface area contributed by atoms with Crippen LogP contribution in [0, 0.1) is 0 Å². The summed E-state index contributed by atoms with van der Waals surface area (Å²) in [6.07, 6.45) is 1.09. The van der Waals surface area contributed by atoms with Gasteiger partial charge in [-0.1, -0.05) is 0 Å². The SMILES string of the molecule is C[C@@]12CCC(=O)N1[C@@H](C(=O)OCC(=O)Nc1ccc(OC(F)F)cc1)CS2. The molecular formula is C17H18F2N2O5S. The summed E-state index contributed by atoms with van der Waals surface area (Å²) in [6.45, 7) is -1.51. The van der Waals surface area contributed by atoms with Crippen LogP contribution in [0.2, 0.25) is 0 Å². The van der Waals surface area contributed by atoms with Gasteiger partial charge < -0.3 is 19.7 Å². The van der Waals surface area contributed by atoms with Crippen molar-refractivity contribution in [1.29, 1.82) is 0 Å². The third kappa shape index (κ3) is 4.32. The van der Waals surface area contributed by atoms with Crippen LogP contribution < -0.4 is 10.1 Å². The first-order chi connectivity index (χ1) is 12.8. The molecule has 2 aliphatic heterocycles. The number of thioether (sulfide) groups is 1. The number of hydrogen-bond acceptors (Lipinski definition) is 6. The van der Waals surface area contributed by atoms with Gasteiger partial charge in [-0.15, -0.1) is 11.8 Å². The predicted molar refractivity (Wildman–Crippen MR) is 93.4 cm³/mol. The summed E-state index contributed by atoms with van der Waals surface area (Å²) in [7, 11) is 0. The molecule has 2 fully saturated rings. The summed E-state index contributed by atoms with van der Waals surface area (Å²) < 4.78 is 33.5. The molecule has 1 aromatic carbocycles.